The Labute approximate surface area is 105 Å². The van der Waals surface area contributed by atoms with Gasteiger partial charge in [-0.05, 0) is 59.0 Å². The molecule has 82 valence electrons. The molecule has 15 heavy (non-hydrogen) atoms. The Kier molecular flexibility index (Phi) is 2.97. The Morgan fingerprint density at radius 3 is 2.47 bits per heavy atom. The van der Waals surface area contributed by atoms with E-state index in [2.05, 4.69) is 61.6 Å². The molecule has 0 N–H and O–H groups in total. The molecule has 0 amide bonds. The van der Waals surface area contributed by atoms with Gasteiger partial charge in [0, 0.05) is 9.13 Å². The fraction of sp³-hybridized carbons (Fsp3) is 0.538. The first-order valence-corrected chi connectivity index (χ1v) is 6.51. The molecule has 2 rings (SSSR count). The van der Waals surface area contributed by atoms with E-state index < -0.39 is 0 Å². The predicted molar refractivity (Wildman–Crippen MR) is 71.5 cm³/mol. The lowest BCUT2D eigenvalue weighted by molar-refractivity contribution is 0.294. The van der Waals surface area contributed by atoms with Gasteiger partial charge in [0.2, 0.25) is 0 Å². The van der Waals surface area contributed by atoms with Gasteiger partial charge < -0.3 is 4.74 Å². The van der Waals surface area contributed by atoms with Crippen molar-refractivity contribution in [1.82, 2.24) is 0 Å². The van der Waals surface area contributed by atoms with Gasteiger partial charge in [-0.15, -0.1) is 0 Å². The third kappa shape index (κ3) is 2.86. The van der Waals surface area contributed by atoms with Gasteiger partial charge in [0.1, 0.15) is 5.75 Å². The zero-order chi connectivity index (χ0) is 11.1. The van der Waals surface area contributed by atoms with Gasteiger partial charge in [0.15, 0.2) is 0 Å². The van der Waals surface area contributed by atoms with Crippen LogP contribution in [-0.2, 0) is 5.41 Å². The van der Waals surface area contributed by atoms with E-state index in [0.29, 0.717) is 6.10 Å². The maximum atomic E-state index is 5.93. The molecule has 1 aliphatic carbocycles. The molecule has 0 heterocycles. The molecule has 0 aromatic heterocycles. The molecule has 0 atom stereocenters. The molecule has 1 fully saturated rings. The van der Waals surface area contributed by atoms with Gasteiger partial charge in [0.05, 0.1) is 6.10 Å². The van der Waals surface area contributed by atoms with Crippen molar-refractivity contribution in [2.75, 3.05) is 0 Å². The fourth-order valence-electron chi connectivity index (χ4n) is 1.56. The van der Waals surface area contributed by atoms with Crippen LogP contribution < -0.4 is 4.74 Å². The van der Waals surface area contributed by atoms with Crippen LogP contribution in [-0.4, -0.2) is 6.10 Å². The lowest BCUT2D eigenvalue weighted by Crippen LogP contribution is -2.14. The molecule has 0 aliphatic heterocycles. The summed E-state index contributed by atoms with van der Waals surface area (Å²) in [5.74, 6) is 1.07. The number of ether oxygens (including phenoxy) is 1. The van der Waals surface area contributed by atoms with E-state index in [1.807, 2.05) is 0 Å². The van der Waals surface area contributed by atoms with Crippen LogP contribution in [0.1, 0.15) is 39.2 Å². The van der Waals surface area contributed by atoms with Crippen LogP contribution in [0.4, 0.5) is 0 Å². The number of halogens is 1. The highest BCUT2D eigenvalue weighted by Gasteiger charge is 2.27. The van der Waals surface area contributed by atoms with Crippen LogP contribution in [0.15, 0.2) is 18.2 Å². The standard InChI is InChI=1S/C13H17IO/c1-13(2,3)11-8-9(14)4-7-12(11)15-10-5-6-10/h4,7-8,10H,5-6H2,1-3H3. The highest BCUT2D eigenvalue weighted by Crippen LogP contribution is 2.36. The summed E-state index contributed by atoms with van der Waals surface area (Å²) in [7, 11) is 0. The molecule has 1 aliphatic rings. The highest BCUT2D eigenvalue weighted by atomic mass is 127. The maximum Gasteiger partial charge on any atom is 0.123 e. The first kappa shape index (κ1) is 11.2. The predicted octanol–water partition coefficient (Wildman–Crippen LogP) is 4.13. The number of hydrogen-bond acceptors (Lipinski definition) is 1. The summed E-state index contributed by atoms with van der Waals surface area (Å²) in [4.78, 5) is 0. The van der Waals surface area contributed by atoms with Gasteiger partial charge in [-0.2, -0.15) is 0 Å². The second-order valence-corrected chi connectivity index (χ2v) is 6.45. The van der Waals surface area contributed by atoms with Crippen LogP contribution in [0.2, 0.25) is 0 Å². The first-order chi connectivity index (χ1) is 6.97. The maximum absolute atomic E-state index is 5.93. The van der Waals surface area contributed by atoms with Crippen molar-refractivity contribution in [3.8, 4) is 5.75 Å². The van der Waals surface area contributed by atoms with Crippen molar-refractivity contribution in [3.05, 3.63) is 27.3 Å². The largest absolute Gasteiger partial charge is 0.490 e. The average Bonchev–Trinajstić information content (AvgIpc) is 2.90. The van der Waals surface area contributed by atoms with E-state index in [9.17, 15) is 0 Å². The van der Waals surface area contributed by atoms with Crippen molar-refractivity contribution >= 4 is 22.6 Å². The van der Waals surface area contributed by atoms with Crippen molar-refractivity contribution in [2.24, 2.45) is 0 Å². The average molecular weight is 316 g/mol. The molecule has 1 nitrogen and oxygen atoms in total. The van der Waals surface area contributed by atoms with Gasteiger partial charge in [-0.1, -0.05) is 20.8 Å². The lowest BCUT2D eigenvalue weighted by Gasteiger charge is -2.23. The van der Waals surface area contributed by atoms with Crippen LogP contribution in [0, 0.1) is 3.57 Å². The Balaban J connectivity index is 2.34. The van der Waals surface area contributed by atoms with Crippen LogP contribution in [0.3, 0.4) is 0 Å². The topological polar surface area (TPSA) is 9.23 Å². The summed E-state index contributed by atoms with van der Waals surface area (Å²) in [5, 5.41) is 0. The zero-order valence-electron chi connectivity index (χ0n) is 9.51. The summed E-state index contributed by atoms with van der Waals surface area (Å²) in [6.07, 6.45) is 2.91. The van der Waals surface area contributed by atoms with E-state index in [0.717, 1.165) is 5.75 Å². The molecule has 0 spiro atoms. The minimum Gasteiger partial charge on any atom is -0.490 e. The molecular weight excluding hydrogens is 299 g/mol. The zero-order valence-corrected chi connectivity index (χ0v) is 11.7. The van der Waals surface area contributed by atoms with Crippen LogP contribution in [0.5, 0.6) is 5.75 Å². The third-order valence-electron chi connectivity index (χ3n) is 2.57. The van der Waals surface area contributed by atoms with Gasteiger partial charge in [0.25, 0.3) is 0 Å². The molecular formula is C13H17IO. The van der Waals surface area contributed by atoms with Gasteiger partial charge in [-0.3, -0.25) is 0 Å². The molecule has 0 unspecified atom stereocenters. The summed E-state index contributed by atoms with van der Waals surface area (Å²) < 4.78 is 7.21. The van der Waals surface area contributed by atoms with Gasteiger partial charge >= 0.3 is 0 Å². The van der Waals surface area contributed by atoms with E-state index in [-0.39, 0.29) is 5.41 Å². The van der Waals surface area contributed by atoms with E-state index in [4.69, 9.17) is 4.74 Å². The Morgan fingerprint density at radius 1 is 1.27 bits per heavy atom. The summed E-state index contributed by atoms with van der Waals surface area (Å²) in [6, 6.07) is 6.46. The monoisotopic (exact) mass is 316 g/mol. The summed E-state index contributed by atoms with van der Waals surface area (Å²) in [6.45, 7) is 6.70. The molecule has 1 aromatic carbocycles. The minimum atomic E-state index is 0.158. The highest BCUT2D eigenvalue weighted by molar-refractivity contribution is 14.1. The molecule has 0 saturated heterocycles. The molecule has 1 aromatic rings. The Hall–Kier alpha value is -0.250. The molecule has 0 bridgehead atoms. The van der Waals surface area contributed by atoms with Crippen LogP contribution in [0.25, 0.3) is 0 Å². The van der Waals surface area contributed by atoms with Crippen molar-refractivity contribution in [1.29, 1.82) is 0 Å². The fourth-order valence-corrected chi connectivity index (χ4v) is 2.05. The Morgan fingerprint density at radius 2 is 1.93 bits per heavy atom. The smallest absolute Gasteiger partial charge is 0.123 e. The van der Waals surface area contributed by atoms with Crippen molar-refractivity contribution in [2.45, 2.75) is 45.1 Å². The second kappa shape index (κ2) is 3.96. The van der Waals surface area contributed by atoms with E-state index >= 15 is 0 Å². The van der Waals surface area contributed by atoms with Crippen molar-refractivity contribution in [3.63, 3.8) is 0 Å². The lowest BCUT2D eigenvalue weighted by atomic mass is 9.86. The summed E-state index contributed by atoms with van der Waals surface area (Å²) >= 11 is 2.36. The second-order valence-electron chi connectivity index (χ2n) is 5.21. The normalized spacial score (nSPS) is 16.5. The molecule has 2 heteroatoms. The number of benzene rings is 1. The quantitative estimate of drug-likeness (QED) is 0.746. The van der Waals surface area contributed by atoms with Crippen molar-refractivity contribution < 1.29 is 4.74 Å². The van der Waals surface area contributed by atoms with Gasteiger partial charge in [-0.25, -0.2) is 0 Å². The number of rotatable bonds is 2. The third-order valence-corrected chi connectivity index (χ3v) is 3.24. The first-order valence-electron chi connectivity index (χ1n) is 5.43. The van der Waals surface area contributed by atoms with Crippen LogP contribution >= 0.6 is 22.6 Å². The molecule has 1 saturated carbocycles. The van der Waals surface area contributed by atoms with E-state index in [1.165, 1.54) is 22.0 Å². The van der Waals surface area contributed by atoms with E-state index in [1.54, 1.807) is 0 Å². The summed E-state index contributed by atoms with van der Waals surface area (Å²) in [5.41, 5.74) is 1.48. The minimum absolute atomic E-state index is 0.158. The Bertz CT molecular complexity index is 361. The SMILES string of the molecule is CC(C)(C)c1cc(I)ccc1OC1CC1. The number of hydrogen-bond donors (Lipinski definition) is 0. The molecule has 0 radical (unpaired) electrons.